The largest absolute Gasteiger partial charge is 0.316 e. The van der Waals surface area contributed by atoms with Crippen molar-refractivity contribution >= 4 is 0 Å². The topological polar surface area (TPSA) is 15.3 Å². The molecule has 0 radical (unpaired) electrons. The molecule has 2 nitrogen and oxygen atoms in total. The monoisotopic (exact) mass is 168 g/mol. The zero-order valence-corrected chi connectivity index (χ0v) is 8.05. The Morgan fingerprint density at radius 1 is 1.33 bits per heavy atom. The average Bonchev–Trinajstić information content (AvgIpc) is 2.77. The van der Waals surface area contributed by atoms with Crippen molar-refractivity contribution in [3.8, 4) is 0 Å². The van der Waals surface area contributed by atoms with Crippen LogP contribution in [0.5, 0.6) is 0 Å². The number of rotatable bonds is 5. The van der Waals surface area contributed by atoms with Crippen molar-refractivity contribution in [2.24, 2.45) is 5.92 Å². The van der Waals surface area contributed by atoms with Gasteiger partial charge in [-0.1, -0.05) is 6.92 Å². The molecule has 0 aromatic heterocycles. The van der Waals surface area contributed by atoms with Gasteiger partial charge in [0.1, 0.15) is 0 Å². The van der Waals surface area contributed by atoms with Gasteiger partial charge in [-0.25, -0.2) is 0 Å². The molecule has 12 heavy (non-hydrogen) atoms. The molecule has 1 N–H and O–H groups in total. The number of nitrogens with one attached hydrogen (secondary N) is 1. The van der Waals surface area contributed by atoms with E-state index in [1.54, 1.807) is 0 Å². The summed E-state index contributed by atoms with van der Waals surface area (Å²) in [5.74, 6) is 0.984. The van der Waals surface area contributed by atoms with E-state index in [1.807, 2.05) is 0 Å². The minimum Gasteiger partial charge on any atom is -0.316 e. The molecule has 0 amide bonds. The summed E-state index contributed by atoms with van der Waals surface area (Å²) in [5, 5.41) is 3.33. The molecule has 2 fully saturated rings. The molecule has 0 spiro atoms. The van der Waals surface area contributed by atoms with E-state index in [0.29, 0.717) is 0 Å². The van der Waals surface area contributed by atoms with Gasteiger partial charge in [0, 0.05) is 6.04 Å². The minimum absolute atomic E-state index is 0.961. The van der Waals surface area contributed by atoms with Crippen LogP contribution in [0, 0.1) is 5.92 Å². The van der Waals surface area contributed by atoms with Gasteiger partial charge < -0.3 is 10.2 Å². The summed E-state index contributed by atoms with van der Waals surface area (Å²) < 4.78 is 0. The zero-order valence-electron chi connectivity index (χ0n) is 8.05. The Bertz CT molecular complexity index is 139. The maximum atomic E-state index is 3.33. The van der Waals surface area contributed by atoms with Gasteiger partial charge >= 0.3 is 0 Å². The van der Waals surface area contributed by atoms with Crippen LogP contribution in [0.25, 0.3) is 0 Å². The summed E-state index contributed by atoms with van der Waals surface area (Å²) in [6.07, 6.45) is 4.32. The van der Waals surface area contributed by atoms with Crippen molar-refractivity contribution in [1.82, 2.24) is 10.2 Å². The lowest BCUT2D eigenvalue weighted by Gasteiger charge is -2.29. The summed E-state index contributed by atoms with van der Waals surface area (Å²) in [6.45, 7) is 7.42. The van der Waals surface area contributed by atoms with E-state index in [2.05, 4.69) is 17.1 Å². The second kappa shape index (κ2) is 3.75. The molecule has 0 unspecified atom stereocenters. The second-order valence-electron chi connectivity index (χ2n) is 4.17. The van der Waals surface area contributed by atoms with Crippen LogP contribution in [0.15, 0.2) is 0 Å². The summed E-state index contributed by atoms with van der Waals surface area (Å²) in [7, 11) is 0. The Morgan fingerprint density at radius 2 is 2.08 bits per heavy atom. The van der Waals surface area contributed by atoms with Gasteiger partial charge in [0.2, 0.25) is 0 Å². The summed E-state index contributed by atoms with van der Waals surface area (Å²) in [4.78, 5) is 2.65. The van der Waals surface area contributed by atoms with E-state index in [4.69, 9.17) is 0 Å². The predicted octanol–water partition coefficient (Wildman–Crippen LogP) is 1.08. The number of hydrogen-bond donors (Lipinski definition) is 1. The van der Waals surface area contributed by atoms with Crippen molar-refractivity contribution in [2.75, 3.05) is 26.2 Å². The van der Waals surface area contributed by atoms with E-state index in [-0.39, 0.29) is 0 Å². The fourth-order valence-corrected chi connectivity index (χ4v) is 1.94. The van der Waals surface area contributed by atoms with Crippen LogP contribution in [-0.2, 0) is 0 Å². The van der Waals surface area contributed by atoms with Crippen LogP contribution in [0.2, 0.25) is 0 Å². The minimum atomic E-state index is 0.961. The van der Waals surface area contributed by atoms with Crippen LogP contribution in [0.4, 0.5) is 0 Å². The standard InChI is InChI=1S/C10H20N2/c1-2-12(10-3-4-10)6-5-9-7-11-8-9/h9-11H,2-8H2,1H3. The Kier molecular flexibility index (Phi) is 2.66. The van der Waals surface area contributed by atoms with E-state index in [1.165, 1.54) is 45.4 Å². The van der Waals surface area contributed by atoms with Crippen molar-refractivity contribution in [3.63, 3.8) is 0 Å². The van der Waals surface area contributed by atoms with Crippen LogP contribution >= 0.6 is 0 Å². The highest BCUT2D eigenvalue weighted by atomic mass is 15.2. The van der Waals surface area contributed by atoms with Gasteiger partial charge in [0.25, 0.3) is 0 Å². The molecule has 0 aromatic carbocycles. The Balaban J connectivity index is 1.62. The third kappa shape index (κ3) is 1.99. The maximum Gasteiger partial charge on any atom is 0.00963 e. The predicted molar refractivity (Wildman–Crippen MR) is 51.2 cm³/mol. The molecule has 2 rings (SSSR count). The number of nitrogens with zero attached hydrogens (tertiary/aromatic N) is 1. The van der Waals surface area contributed by atoms with Crippen LogP contribution < -0.4 is 5.32 Å². The van der Waals surface area contributed by atoms with E-state index in [0.717, 1.165) is 12.0 Å². The van der Waals surface area contributed by atoms with E-state index < -0.39 is 0 Å². The van der Waals surface area contributed by atoms with E-state index >= 15 is 0 Å². The highest BCUT2D eigenvalue weighted by Crippen LogP contribution is 2.27. The molecule has 2 heteroatoms. The molecular formula is C10H20N2. The van der Waals surface area contributed by atoms with Gasteiger partial charge in [-0.3, -0.25) is 0 Å². The van der Waals surface area contributed by atoms with Crippen LogP contribution in [0.1, 0.15) is 26.2 Å². The van der Waals surface area contributed by atoms with Crippen molar-refractivity contribution < 1.29 is 0 Å². The lowest BCUT2D eigenvalue weighted by molar-refractivity contribution is 0.226. The lowest BCUT2D eigenvalue weighted by atomic mass is 9.99. The van der Waals surface area contributed by atoms with Crippen molar-refractivity contribution in [1.29, 1.82) is 0 Å². The summed E-state index contributed by atoms with van der Waals surface area (Å²) >= 11 is 0. The molecule has 0 atom stereocenters. The van der Waals surface area contributed by atoms with Crippen molar-refractivity contribution in [2.45, 2.75) is 32.2 Å². The Morgan fingerprint density at radius 3 is 2.50 bits per heavy atom. The molecule has 1 saturated carbocycles. The quantitative estimate of drug-likeness (QED) is 0.661. The normalized spacial score (nSPS) is 24.5. The van der Waals surface area contributed by atoms with Gasteiger partial charge in [-0.2, -0.15) is 0 Å². The average molecular weight is 168 g/mol. The van der Waals surface area contributed by atoms with Crippen LogP contribution in [0.3, 0.4) is 0 Å². The first-order valence-electron chi connectivity index (χ1n) is 5.35. The lowest BCUT2D eigenvalue weighted by Crippen LogP contribution is -2.43. The van der Waals surface area contributed by atoms with Gasteiger partial charge in [0.15, 0.2) is 0 Å². The molecule has 2 aliphatic rings. The van der Waals surface area contributed by atoms with Gasteiger partial charge in [-0.05, 0) is 51.4 Å². The fourth-order valence-electron chi connectivity index (χ4n) is 1.94. The smallest absolute Gasteiger partial charge is 0.00963 e. The molecule has 1 aliphatic heterocycles. The third-order valence-electron chi connectivity index (χ3n) is 3.16. The Hall–Kier alpha value is -0.0800. The first-order chi connectivity index (χ1) is 5.90. The molecule has 1 heterocycles. The fraction of sp³-hybridized carbons (Fsp3) is 1.00. The van der Waals surface area contributed by atoms with Crippen LogP contribution in [-0.4, -0.2) is 37.1 Å². The molecule has 1 saturated heterocycles. The molecular weight excluding hydrogens is 148 g/mol. The zero-order chi connectivity index (χ0) is 8.39. The SMILES string of the molecule is CCN(CCC1CNC1)C1CC1. The first kappa shape index (κ1) is 8.52. The second-order valence-corrected chi connectivity index (χ2v) is 4.17. The summed E-state index contributed by atoms with van der Waals surface area (Å²) in [6, 6.07) is 0.961. The maximum absolute atomic E-state index is 3.33. The highest BCUT2D eigenvalue weighted by molar-refractivity contribution is 4.85. The van der Waals surface area contributed by atoms with Gasteiger partial charge in [0.05, 0.1) is 0 Å². The number of hydrogen-bond acceptors (Lipinski definition) is 2. The van der Waals surface area contributed by atoms with E-state index in [9.17, 15) is 0 Å². The molecule has 1 aliphatic carbocycles. The third-order valence-corrected chi connectivity index (χ3v) is 3.16. The first-order valence-corrected chi connectivity index (χ1v) is 5.35. The van der Waals surface area contributed by atoms with Gasteiger partial charge in [-0.15, -0.1) is 0 Å². The summed E-state index contributed by atoms with van der Waals surface area (Å²) in [5.41, 5.74) is 0. The molecule has 0 bridgehead atoms. The van der Waals surface area contributed by atoms with Crippen molar-refractivity contribution in [3.05, 3.63) is 0 Å². The molecule has 70 valence electrons. The molecule has 0 aromatic rings. The highest BCUT2D eigenvalue weighted by Gasteiger charge is 2.28. The Labute approximate surface area is 75.3 Å².